The number of nitrogens with zero attached hydrogens (tertiary/aromatic N) is 2. The van der Waals surface area contributed by atoms with E-state index in [2.05, 4.69) is 78.2 Å². The Morgan fingerprint density at radius 1 is 1.13 bits per heavy atom. The Balaban J connectivity index is 2.23. The smallest absolute Gasteiger partial charge is 0.0453 e. The largest absolute Gasteiger partial charge is 0.343 e. The molecule has 2 nitrogen and oxygen atoms in total. The molecule has 23 heavy (non-hydrogen) atoms. The molecule has 128 valence electrons. The number of allylic oxidation sites excluding steroid dienone is 1. The van der Waals surface area contributed by atoms with E-state index in [0.29, 0.717) is 0 Å². The summed E-state index contributed by atoms with van der Waals surface area (Å²) in [6, 6.07) is 6.66. The summed E-state index contributed by atoms with van der Waals surface area (Å²) in [7, 11) is 0. The van der Waals surface area contributed by atoms with E-state index >= 15 is 0 Å². The van der Waals surface area contributed by atoms with Crippen LogP contribution in [0, 0.1) is 0 Å². The maximum Gasteiger partial charge on any atom is 0.0453 e. The standard InChI is InChI=1S/C20H31BrN2/c1-6-11-22(12-7-2)13-14-23-16(3)20(4,5)19-17(15-21)9-8-10-18(19)23/h8-10H,3,6-7,11-15H2,1-2,4-5H3. The number of fused-ring (bicyclic) bond motifs is 1. The molecule has 3 heteroatoms. The Morgan fingerprint density at radius 3 is 2.35 bits per heavy atom. The number of anilines is 1. The van der Waals surface area contributed by atoms with Crippen molar-refractivity contribution in [1.29, 1.82) is 0 Å². The van der Waals surface area contributed by atoms with Gasteiger partial charge in [-0.05, 0) is 43.1 Å². The molecule has 0 spiro atoms. The fourth-order valence-corrected chi connectivity index (χ4v) is 4.20. The maximum absolute atomic E-state index is 4.44. The molecule has 0 unspecified atom stereocenters. The fraction of sp³-hybridized carbons (Fsp3) is 0.600. The molecule has 1 heterocycles. The minimum Gasteiger partial charge on any atom is -0.343 e. The van der Waals surface area contributed by atoms with E-state index in [-0.39, 0.29) is 5.41 Å². The first-order valence-corrected chi connectivity index (χ1v) is 9.97. The second kappa shape index (κ2) is 7.85. The Kier molecular flexibility index (Phi) is 6.33. The van der Waals surface area contributed by atoms with Gasteiger partial charge in [-0.15, -0.1) is 0 Å². The SMILES string of the molecule is C=C1N(CCN(CCC)CCC)c2cccc(CBr)c2C1(C)C. The number of alkyl halides is 1. The Morgan fingerprint density at radius 2 is 1.78 bits per heavy atom. The van der Waals surface area contributed by atoms with Crippen molar-refractivity contribution in [3.8, 4) is 0 Å². The molecule has 0 saturated heterocycles. The molecule has 0 saturated carbocycles. The predicted octanol–water partition coefficient (Wildman–Crippen LogP) is 5.31. The lowest BCUT2D eigenvalue weighted by atomic mass is 9.82. The van der Waals surface area contributed by atoms with Gasteiger partial charge in [-0.3, -0.25) is 0 Å². The minimum absolute atomic E-state index is 0.0139. The molecule has 0 fully saturated rings. The lowest BCUT2D eigenvalue weighted by Gasteiger charge is -2.29. The molecule has 0 N–H and O–H groups in total. The average Bonchev–Trinajstić information content (AvgIpc) is 2.73. The van der Waals surface area contributed by atoms with Crippen LogP contribution < -0.4 is 4.90 Å². The van der Waals surface area contributed by atoms with E-state index in [9.17, 15) is 0 Å². The van der Waals surface area contributed by atoms with Crippen LogP contribution in [0.25, 0.3) is 0 Å². The van der Waals surface area contributed by atoms with Crippen molar-refractivity contribution in [2.75, 3.05) is 31.1 Å². The van der Waals surface area contributed by atoms with Crippen molar-refractivity contribution < 1.29 is 0 Å². The Hall–Kier alpha value is -0.800. The third-order valence-electron chi connectivity index (χ3n) is 4.96. The minimum atomic E-state index is 0.0139. The van der Waals surface area contributed by atoms with Gasteiger partial charge in [0.15, 0.2) is 0 Å². The van der Waals surface area contributed by atoms with E-state index in [1.807, 2.05) is 0 Å². The van der Waals surface area contributed by atoms with E-state index < -0.39 is 0 Å². The predicted molar refractivity (Wildman–Crippen MR) is 106 cm³/mol. The average molecular weight is 379 g/mol. The Labute approximate surface area is 150 Å². The normalized spacial score (nSPS) is 16.3. The van der Waals surface area contributed by atoms with Gasteiger partial charge in [0, 0.05) is 35.2 Å². The summed E-state index contributed by atoms with van der Waals surface area (Å²) in [6.07, 6.45) is 2.44. The monoisotopic (exact) mass is 378 g/mol. The first kappa shape index (κ1) is 18.5. The number of hydrogen-bond acceptors (Lipinski definition) is 2. The van der Waals surface area contributed by atoms with Gasteiger partial charge < -0.3 is 9.80 Å². The summed E-state index contributed by atoms with van der Waals surface area (Å²) in [5, 5.41) is 0.901. The van der Waals surface area contributed by atoms with Crippen molar-refractivity contribution in [2.24, 2.45) is 0 Å². The van der Waals surface area contributed by atoms with E-state index in [1.54, 1.807) is 0 Å². The van der Waals surface area contributed by atoms with Crippen LogP contribution in [0.1, 0.15) is 51.7 Å². The van der Waals surface area contributed by atoms with Crippen LogP contribution in [0.2, 0.25) is 0 Å². The van der Waals surface area contributed by atoms with Crippen LogP contribution >= 0.6 is 15.9 Å². The topological polar surface area (TPSA) is 6.48 Å². The second-order valence-electron chi connectivity index (χ2n) is 7.01. The van der Waals surface area contributed by atoms with Gasteiger partial charge in [0.25, 0.3) is 0 Å². The quantitative estimate of drug-likeness (QED) is 0.565. The van der Waals surface area contributed by atoms with Gasteiger partial charge in [-0.25, -0.2) is 0 Å². The molecule has 0 amide bonds. The van der Waals surface area contributed by atoms with Crippen LogP contribution in [-0.4, -0.2) is 31.1 Å². The van der Waals surface area contributed by atoms with Crippen LogP contribution in [0.4, 0.5) is 5.69 Å². The first-order chi connectivity index (χ1) is 11.0. The zero-order valence-electron chi connectivity index (χ0n) is 15.2. The van der Waals surface area contributed by atoms with Gasteiger partial charge in [-0.1, -0.05) is 62.3 Å². The molecule has 1 aromatic carbocycles. The molecule has 2 rings (SSSR count). The second-order valence-corrected chi connectivity index (χ2v) is 7.57. The Bertz CT molecular complexity index is 545. The summed E-state index contributed by atoms with van der Waals surface area (Å²) in [5.41, 5.74) is 5.42. The van der Waals surface area contributed by atoms with Crippen molar-refractivity contribution in [3.05, 3.63) is 41.6 Å². The highest BCUT2D eigenvalue weighted by molar-refractivity contribution is 9.08. The first-order valence-electron chi connectivity index (χ1n) is 8.84. The molecular formula is C20H31BrN2. The highest BCUT2D eigenvalue weighted by Gasteiger charge is 2.40. The van der Waals surface area contributed by atoms with Crippen LogP contribution in [0.15, 0.2) is 30.5 Å². The van der Waals surface area contributed by atoms with Gasteiger partial charge in [-0.2, -0.15) is 0 Å². The summed E-state index contributed by atoms with van der Waals surface area (Å²) in [4.78, 5) is 5.02. The summed E-state index contributed by atoms with van der Waals surface area (Å²) in [5.74, 6) is 0. The molecule has 0 atom stereocenters. The lowest BCUT2D eigenvalue weighted by Crippen LogP contribution is -2.36. The molecule has 0 radical (unpaired) electrons. The molecule has 1 aliphatic heterocycles. The van der Waals surface area contributed by atoms with Gasteiger partial charge in [0.05, 0.1) is 0 Å². The van der Waals surface area contributed by atoms with Crippen LogP contribution in [0.3, 0.4) is 0 Å². The van der Waals surface area contributed by atoms with Crippen molar-refractivity contribution in [3.63, 3.8) is 0 Å². The molecule has 1 aromatic rings. The van der Waals surface area contributed by atoms with E-state index in [4.69, 9.17) is 0 Å². The molecule has 1 aliphatic rings. The van der Waals surface area contributed by atoms with Crippen LogP contribution in [-0.2, 0) is 10.7 Å². The number of hydrogen-bond donors (Lipinski definition) is 0. The van der Waals surface area contributed by atoms with Crippen LogP contribution in [0.5, 0.6) is 0 Å². The number of rotatable bonds is 8. The van der Waals surface area contributed by atoms with Crippen molar-refractivity contribution in [1.82, 2.24) is 4.90 Å². The summed E-state index contributed by atoms with van der Waals surface area (Å²) in [6.45, 7) is 18.1. The number of benzene rings is 1. The zero-order valence-corrected chi connectivity index (χ0v) is 16.7. The third-order valence-corrected chi connectivity index (χ3v) is 5.56. The van der Waals surface area contributed by atoms with Crippen molar-refractivity contribution >= 4 is 21.6 Å². The number of halogens is 1. The fourth-order valence-electron chi connectivity index (χ4n) is 3.74. The summed E-state index contributed by atoms with van der Waals surface area (Å²) < 4.78 is 0. The maximum atomic E-state index is 4.44. The van der Waals surface area contributed by atoms with E-state index in [1.165, 1.54) is 48.4 Å². The third kappa shape index (κ3) is 3.66. The van der Waals surface area contributed by atoms with Crippen molar-refractivity contribution in [2.45, 2.75) is 51.3 Å². The highest BCUT2D eigenvalue weighted by atomic mass is 79.9. The summed E-state index contributed by atoms with van der Waals surface area (Å²) >= 11 is 3.65. The zero-order chi connectivity index (χ0) is 17.0. The van der Waals surface area contributed by atoms with Gasteiger partial charge in [0.2, 0.25) is 0 Å². The van der Waals surface area contributed by atoms with Gasteiger partial charge >= 0.3 is 0 Å². The molecule has 0 aliphatic carbocycles. The van der Waals surface area contributed by atoms with Gasteiger partial charge in [0.1, 0.15) is 0 Å². The highest BCUT2D eigenvalue weighted by Crippen LogP contribution is 2.48. The molecule has 0 bridgehead atoms. The molecular weight excluding hydrogens is 348 g/mol. The molecule has 0 aromatic heterocycles. The van der Waals surface area contributed by atoms with E-state index in [0.717, 1.165) is 18.4 Å². The lowest BCUT2D eigenvalue weighted by molar-refractivity contribution is 0.281.